The van der Waals surface area contributed by atoms with Crippen molar-refractivity contribution in [1.29, 1.82) is 0 Å². The van der Waals surface area contributed by atoms with Crippen molar-refractivity contribution in [3.8, 4) is 11.5 Å². The number of ether oxygens (including phenoxy) is 2. The van der Waals surface area contributed by atoms with Crippen LogP contribution in [0.25, 0.3) is 0 Å². The third kappa shape index (κ3) is 5.57. The maximum atomic E-state index is 14.1. The third-order valence-electron chi connectivity index (χ3n) is 4.35. The fraction of sp³-hybridized carbons (Fsp3) is 0.304. The van der Waals surface area contributed by atoms with E-state index < -0.39 is 5.82 Å². The van der Waals surface area contributed by atoms with E-state index in [2.05, 4.69) is 4.98 Å². The first-order valence-corrected chi connectivity index (χ1v) is 10.6. The summed E-state index contributed by atoms with van der Waals surface area (Å²) in [7, 11) is 1.60. The van der Waals surface area contributed by atoms with E-state index in [1.54, 1.807) is 24.1 Å². The highest BCUT2D eigenvalue weighted by Crippen LogP contribution is 2.27. The largest absolute Gasteiger partial charge is 0.493 e. The molecule has 0 saturated heterocycles. The van der Waals surface area contributed by atoms with Crippen LogP contribution in [0.2, 0.25) is 0 Å². The summed E-state index contributed by atoms with van der Waals surface area (Å²) in [6, 6.07) is 13.5. The Hall–Kier alpha value is -2.93. The number of halogens is 1. The van der Waals surface area contributed by atoms with E-state index in [0.29, 0.717) is 31.2 Å². The molecule has 1 heterocycles. The lowest BCUT2D eigenvalue weighted by Crippen LogP contribution is -2.34. The molecule has 1 aromatic heterocycles. The number of thiazole rings is 1. The smallest absolute Gasteiger partial charge is 0.257 e. The van der Waals surface area contributed by atoms with Crippen LogP contribution < -0.4 is 9.47 Å². The monoisotopic (exact) mass is 428 g/mol. The number of methoxy groups -OCH3 is 1. The van der Waals surface area contributed by atoms with E-state index in [9.17, 15) is 9.18 Å². The van der Waals surface area contributed by atoms with Gasteiger partial charge in [-0.3, -0.25) is 4.79 Å². The molecule has 7 heteroatoms. The summed E-state index contributed by atoms with van der Waals surface area (Å²) in [5, 5.41) is 2.70. The van der Waals surface area contributed by atoms with Crippen LogP contribution in [0.3, 0.4) is 0 Å². The van der Waals surface area contributed by atoms with E-state index >= 15 is 0 Å². The summed E-state index contributed by atoms with van der Waals surface area (Å²) in [6.07, 6.45) is 0. The maximum absolute atomic E-state index is 14.1. The lowest BCUT2D eigenvalue weighted by molar-refractivity contribution is 0.0716. The molecule has 3 rings (SSSR count). The first-order chi connectivity index (χ1) is 14.5. The number of hydrogen-bond acceptors (Lipinski definition) is 5. The second-order valence-corrected chi connectivity index (χ2v) is 8.17. The molecule has 0 radical (unpaired) electrons. The second kappa shape index (κ2) is 10.2. The quantitative estimate of drug-likeness (QED) is 0.472. The zero-order valence-corrected chi connectivity index (χ0v) is 18.1. The van der Waals surface area contributed by atoms with E-state index in [0.717, 1.165) is 10.7 Å². The van der Waals surface area contributed by atoms with E-state index in [1.807, 2.05) is 43.5 Å². The summed E-state index contributed by atoms with van der Waals surface area (Å²) in [5.74, 6) is 0.704. The first-order valence-electron chi connectivity index (χ1n) is 9.70. The minimum Gasteiger partial charge on any atom is -0.493 e. The van der Waals surface area contributed by atoms with Gasteiger partial charge in [0.15, 0.2) is 11.5 Å². The molecule has 0 aliphatic rings. The molecule has 0 spiro atoms. The van der Waals surface area contributed by atoms with Gasteiger partial charge in [0.1, 0.15) is 17.4 Å². The Morgan fingerprint density at radius 2 is 1.83 bits per heavy atom. The second-order valence-electron chi connectivity index (χ2n) is 7.23. The van der Waals surface area contributed by atoms with Gasteiger partial charge in [0.05, 0.1) is 24.9 Å². The molecular formula is C23H25FN2O3S. The first kappa shape index (κ1) is 21.8. The fourth-order valence-corrected chi connectivity index (χ4v) is 3.72. The molecule has 5 nitrogen and oxygen atoms in total. The van der Waals surface area contributed by atoms with Crippen molar-refractivity contribution in [3.63, 3.8) is 0 Å². The van der Waals surface area contributed by atoms with Crippen molar-refractivity contribution >= 4 is 17.2 Å². The molecule has 0 bridgehead atoms. The summed E-state index contributed by atoms with van der Waals surface area (Å²) in [5.41, 5.74) is 0.831. The number of aromatic nitrogens is 1. The van der Waals surface area contributed by atoms with Gasteiger partial charge in [0.2, 0.25) is 0 Å². The van der Waals surface area contributed by atoms with Crippen molar-refractivity contribution in [2.24, 2.45) is 5.92 Å². The molecule has 3 aromatic rings. The number of amides is 1. The molecule has 0 aliphatic heterocycles. The van der Waals surface area contributed by atoms with E-state index in [-0.39, 0.29) is 17.4 Å². The Balaban J connectivity index is 1.69. The molecule has 0 aliphatic carbocycles. The Labute approximate surface area is 180 Å². The van der Waals surface area contributed by atoms with Gasteiger partial charge in [-0.15, -0.1) is 11.3 Å². The maximum Gasteiger partial charge on any atom is 0.257 e. The van der Waals surface area contributed by atoms with Crippen LogP contribution in [-0.2, 0) is 13.2 Å². The van der Waals surface area contributed by atoms with Gasteiger partial charge in [0.25, 0.3) is 5.91 Å². The third-order valence-corrected chi connectivity index (χ3v) is 5.22. The number of carbonyl (C=O) groups excluding carboxylic acids is 1. The van der Waals surface area contributed by atoms with Crippen LogP contribution in [0.4, 0.5) is 4.39 Å². The van der Waals surface area contributed by atoms with E-state index in [4.69, 9.17) is 9.47 Å². The number of rotatable bonds is 9. The van der Waals surface area contributed by atoms with Gasteiger partial charge in [-0.05, 0) is 30.2 Å². The van der Waals surface area contributed by atoms with Gasteiger partial charge < -0.3 is 14.4 Å². The van der Waals surface area contributed by atoms with Crippen LogP contribution in [0.1, 0.15) is 34.9 Å². The summed E-state index contributed by atoms with van der Waals surface area (Å²) >= 11 is 1.46. The summed E-state index contributed by atoms with van der Waals surface area (Å²) in [4.78, 5) is 19.1. The highest BCUT2D eigenvalue weighted by atomic mass is 32.1. The molecule has 158 valence electrons. The van der Waals surface area contributed by atoms with Gasteiger partial charge >= 0.3 is 0 Å². The van der Waals surface area contributed by atoms with Crippen molar-refractivity contribution in [1.82, 2.24) is 9.88 Å². The average molecular weight is 429 g/mol. The predicted octanol–water partition coefficient (Wildman–Crippen LogP) is 5.17. The molecule has 0 atom stereocenters. The van der Waals surface area contributed by atoms with Crippen LogP contribution in [-0.4, -0.2) is 29.4 Å². The normalized spacial score (nSPS) is 10.8. The topological polar surface area (TPSA) is 51.7 Å². The molecule has 0 N–H and O–H groups in total. The van der Waals surface area contributed by atoms with Gasteiger partial charge in [-0.2, -0.15) is 0 Å². The van der Waals surface area contributed by atoms with Crippen LogP contribution in [0, 0.1) is 11.7 Å². The zero-order valence-electron chi connectivity index (χ0n) is 17.3. The zero-order chi connectivity index (χ0) is 21.5. The Bertz CT molecular complexity index is 990. The Morgan fingerprint density at radius 3 is 2.53 bits per heavy atom. The fourth-order valence-electron chi connectivity index (χ4n) is 3.03. The predicted molar refractivity (Wildman–Crippen MR) is 115 cm³/mol. The van der Waals surface area contributed by atoms with E-state index in [1.165, 1.54) is 23.5 Å². The van der Waals surface area contributed by atoms with Gasteiger partial charge in [-0.25, -0.2) is 9.37 Å². The highest BCUT2D eigenvalue weighted by Gasteiger charge is 2.21. The molecule has 0 unspecified atom stereocenters. The standard InChI is InChI=1S/C23H25FN2O3S/c1-16(2)12-26(23(27)18-8-4-5-9-19(18)24)13-17-15-30-22(25-17)14-29-21-11-7-6-10-20(21)28-3/h4-11,15-16H,12-14H2,1-3H3. The number of nitrogens with zero attached hydrogens (tertiary/aromatic N) is 2. The molecular weight excluding hydrogens is 403 g/mol. The molecule has 0 saturated carbocycles. The van der Waals surface area contributed by atoms with Crippen molar-refractivity contribution < 1.29 is 18.7 Å². The lowest BCUT2D eigenvalue weighted by atomic mass is 10.1. The number of hydrogen-bond donors (Lipinski definition) is 0. The molecule has 1 amide bonds. The molecule has 2 aromatic carbocycles. The summed E-state index contributed by atoms with van der Waals surface area (Å²) in [6.45, 7) is 5.18. The van der Waals surface area contributed by atoms with Crippen molar-refractivity contribution in [2.45, 2.75) is 27.0 Å². The Kier molecular flexibility index (Phi) is 7.41. The Morgan fingerprint density at radius 1 is 1.13 bits per heavy atom. The van der Waals surface area contributed by atoms with Gasteiger partial charge in [-0.1, -0.05) is 38.1 Å². The summed E-state index contributed by atoms with van der Waals surface area (Å²) < 4.78 is 25.2. The van der Waals surface area contributed by atoms with Crippen molar-refractivity contribution in [2.75, 3.05) is 13.7 Å². The van der Waals surface area contributed by atoms with Crippen molar-refractivity contribution in [3.05, 3.63) is 76.0 Å². The lowest BCUT2D eigenvalue weighted by Gasteiger charge is -2.24. The molecule has 0 fully saturated rings. The number of para-hydroxylation sites is 2. The SMILES string of the molecule is COc1ccccc1OCc1nc(CN(CC(C)C)C(=O)c2ccccc2F)cs1. The van der Waals surface area contributed by atoms with Gasteiger partial charge in [0, 0.05) is 11.9 Å². The van der Waals surface area contributed by atoms with Crippen LogP contribution in [0.5, 0.6) is 11.5 Å². The minimum atomic E-state index is -0.513. The average Bonchev–Trinajstić information content (AvgIpc) is 3.19. The molecule has 30 heavy (non-hydrogen) atoms. The van der Waals surface area contributed by atoms with Crippen LogP contribution in [0.15, 0.2) is 53.9 Å². The van der Waals surface area contributed by atoms with Crippen LogP contribution >= 0.6 is 11.3 Å². The minimum absolute atomic E-state index is 0.0770. The number of benzene rings is 2. The number of carbonyl (C=O) groups is 1. The highest BCUT2D eigenvalue weighted by molar-refractivity contribution is 7.09.